The minimum absolute atomic E-state index is 0.118. The van der Waals surface area contributed by atoms with Crippen LogP contribution in [0.2, 0.25) is 0 Å². The van der Waals surface area contributed by atoms with E-state index in [-0.39, 0.29) is 23.4 Å². The Labute approximate surface area is 176 Å². The third-order valence-electron chi connectivity index (χ3n) is 5.55. The van der Waals surface area contributed by atoms with Crippen molar-refractivity contribution in [3.63, 3.8) is 0 Å². The topological polar surface area (TPSA) is 94.0 Å². The predicted molar refractivity (Wildman–Crippen MR) is 113 cm³/mol. The minimum Gasteiger partial charge on any atom is -0.490 e. The number of nitrogens with two attached hydrogens (primary N) is 1. The van der Waals surface area contributed by atoms with Gasteiger partial charge in [0.15, 0.2) is 5.75 Å². The molecule has 1 saturated carbocycles. The van der Waals surface area contributed by atoms with Gasteiger partial charge in [0.1, 0.15) is 23.7 Å². The first-order valence-electron chi connectivity index (χ1n) is 9.97. The lowest BCUT2D eigenvalue weighted by atomic mass is 9.78. The predicted octanol–water partition coefficient (Wildman–Crippen LogP) is 4.33. The fraction of sp³-hybridized carbons (Fsp3) is 0.292. The molecular weight excluding hydrogens is 376 g/mol. The van der Waals surface area contributed by atoms with Crippen molar-refractivity contribution < 1.29 is 9.47 Å². The molecule has 1 aromatic heterocycles. The molecule has 1 aliphatic carbocycles. The molecule has 4 rings (SSSR count). The van der Waals surface area contributed by atoms with Gasteiger partial charge in [-0.1, -0.05) is 38.1 Å². The van der Waals surface area contributed by atoms with Gasteiger partial charge in [-0.25, -0.2) is 9.97 Å². The highest BCUT2D eigenvalue weighted by Gasteiger charge is 2.28. The lowest BCUT2D eigenvalue weighted by molar-refractivity contribution is 0.101. The molecule has 0 spiro atoms. The number of benzene rings is 2. The van der Waals surface area contributed by atoms with E-state index in [2.05, 4.69) is 48.1 Å². The number of nitrogens with zero attached hydrogens (tertiary/aromatic N) is 3. The molecule has 3 aromatic rings. The largest absolute Gasteiger partial charge is 0.490 e. The van der Waals surface area contributed by atoms with Crippen LogP contribution in [0, 0.1) is 11.3 Å². The molecule has 1 heterocycles. The first-order valence-corrected chi connectivity index (χ1v) is 9.97. The van der Waals surface area contributed by atoms with Crippen LogP contribution in [0.25, 0.3) is 0 Å². The van der Waals surface area contributed by atoms with Crippen LogP contribution in [0.15, 0.2) is 60.9 Å². The number of ether oxygens (including phenoxy) is 2. The smallest absolute Gasteiger partial charge is 0.232 e. The maximum absolute atomic E-state index is 8.77. The van der Waals surface area contributed by atoms with Crippen molar-refractivity contribution >= 4 is 0 Å². The van der Waals surface area contributed by atoms with Crippen LogP contribution in [0.4, 0.5) is 0 Å². The summed E-state index contributed by atoms with van der Waals surface area (Å²) in [6.07, 6.45) is 5.08. The van der Waals surface area contributed by atoms with E-state index in [1.54, 1.807) is 0 Å². The molecule has 2 N–H and O–H groups in total. The van der Waals surface area contributed by atoms with Gasteiger partial charge in [-0.2, -0.15) is 5.26 Å². The molecule has 0 atom stereocenters. The van der Waals surface area contributed by atoms with Gasteiger partial charge in [0.2, 0.25) is 5.82 Å². The van der Waals surface area contributed by atoms with Crippen LogP contribution in [0.1, 0.15) is 43.6 Å². The molecule has 6 heteroatoms. The van der Waals surface area contributed by atoms with Crippen LogP contribution in [-0.4, -0.2) is 22.1 Å². The van der Waals surface area contributed by atoms with Gasteiger partial charge in [0.25, 0.3) is 0 Å². The lowest BCUT2D eigenvalue weighted by Gasteiger charge is -2.33. The Kier molecular flexibility index (Phi) is 5.39. The van der Waals surface area contributed by atoms with E-state index in [9.17, 15) is 0 Å². The van der Waals surface area contributed by atoms with E-state index in [1.807, 2.05) is 30.3 Å². The fourth-order valence-electron chi connectivity index (χ4n) is 3.51. The average molecular weight is 400 g/mol. The molecule has 6 nitrogen and oxygen atoms in total. The van der Waals surface area contributed by atoms with Gasteiger partial charge in [-0.15, -0.1) is 0 Å². The van der Waals surface area contributed by atoms with Crippen LogP contribution < -0.4 is 15.2 Å². The summed E-state index contributed by atoms with van der Waals surface area (Å²) in [5.41, 5.74) is 8.03. The summed E-state index contributed by atoms with van der Waals surface area (Å²) in [6.45, 7) is 4.39. The first kappa shape index (κ1) is 19.9. The van der Waals surface area contributed by atoms with Crippen molar-refractivity contribution in [2.45, 2.75) is 44.2 Å². The van der Waals surface area contributed by atoms with E-state index in [4.69, 9.17) is 20.5 Å². The molecular formula is C24H24N4O2. The van der Waals surface area contributed by atoms with Gasteiger partial charge in [0.05, 0.1) is 12.4 Å². The number of aromatic nitrogens is 2. The first-order chi connectivity index (χ1) is 14.4. The highest BCUT2D eigenvalue weighted by Crippen LogP contribution is 2.34. The van der Waals surface area contributed by atoms with Crippen LogP contribution >= 0.6 is 0 Å². The molecule has 0 amide bonds. The summed E-state index contributed by atoms with van der Waals surface area (Å²) in [5, 5.41) is 8.77. The Morgan fingerprint density at radius 2 is 1.43 bits per heavy atom. The Bertz CT molecular complexity index is 1030. The number of rotatable bonds is 6. The zero-order chi connectivity index (χ0) is 21.1. The van der Waals surface area contributed by atoms with E-state index in [0.29, 0.717) is 11.5 Å². The molecule has 0 bridgehead atoms. The zero-order valence-electron chi connectivity index (χ0n) is 17.1. The second-order valence-corrected chi connectivity index (χ2v) is 8.10. The molecule has 0 saturated heterocycles. The Balaban J connectivity index is 1.43. The summed E-state index contributed by atoms with van der Waals surface area (Å²) in [6, 6.07) is 18.4. The lowest BCUT2D eigenvalue weighted by Crippen LogP contribution is -2.43. The number of hydrogen-bond acceptors (Lipinski definition) is 6. The summed E-state index contributed by atoms with van der Waals surface area (Å²) in [4.78, 5) is 7.83. The molecule has 0 unspecified atom stereocenters. The summed E-state index contributed by atoms with van der Waals surface area (Å²) in [5.74, 6) is 2.18. The molecule has 1 fully saturated rings. The molecule has 0 aliphatic heterocycles. The average Bonchev–Trinajstić information content (AvgIpc) is 2.74. The summed E-state index contributed by atoms with van der Waals surface area (Å²) < 4.78 is 11.7. The van der Waals surface area contributed by atoms with E-state index in [0.717, 1.165) is 18.6 Å². The van der Waals surface area contributed by atoms with E-state index in [1.165, 1.54) is 23.5 Å². The van der Waals surface area contributed by atoms with Crippen molar-refractivity contribution in [3.8, 4) is 23.3 Å². The third-order valence-corrected chi connectivity index (χ3v) is 5.55. The van der Waals surface area contributed by atoms with Gasteiger partial charge in [0, 0.05) is 11.5 Å². The summed E-state index contributed by atoms with van der Waals surface area (Å²) in [7, 11) is 0. The van der Waals surface area contributed by atoms with Gasteiger partial charge < -0.3 is 15.2 Å². The van der Waals surface area contributed by atoms with Crippen molar-refractivity contribution in [2.75, 3.05) is 0 Å². The second kappa shape index (κ2) is 8.13. The third kappa shape index (κ3) is 4.27. The van der Waals surface area contributed by atoms with E-state index < -0.39 is 0 Å². The molecule has 0 radical (unpaired) electrons. The molecule has 30 heavy (non-hydrogen) atoms. The Hall–Kier alpha value is -3.43. The van der Waals surface area contributed by atoms with Crippen molar-refractivity contribution in [2.24, 2.45) is 5.73 Å². The maximum Gasteiger partial charge on any atom is 0.232 e. The van der Waals surface area contributed by atoms with Crippen LogP contribution in [0.5, 0.6) is 17.2 Å². The van der Waals surface area contributed by atoms with Crippen molar-refractivity contribution in [1.82, 2.24) is 9.97 Å². The highest BCUT2D eigenvalue weighted by atomic mass is 16.5. The number of hydrogen-bond donors (Lipinski definition) is 1. The van der Waals surface area contributed by atoms with Crippen LogP contribution in [0.3, 0.4) is 0 Å². The SMILES string of the molecule is CC(C)(c1ccc(Oc2cnc(C#N)nc2)cc1)c1ccc(O[C@H]2C[C@H](N)C2)cc1. The quantitative estimate of drug-likeness (QED) is 0.662. The highest BCUT2D eigenvalue weighted by molar-refractivity contribution is 5.42. The standard InChI is InChI=1S/C24H24N4O2/c1-24(2,16-3-7-19(8-4-16)29-21-11-18(26)12-21)17-5-9-20(10-6-17)30-22-14-27-23(13-25)28-15-22/h3-10,14-15,18,21H,11-12,26H2,1-2H3/t18-,21-. The zero-order valence-corrected chi connectivity index (χ0v) is 17.1. The van der Waals surface area contributed by atoms with Crippen molar-refractivity contribution in [3.05, 3.63) is 77.9 Å². The van der Waals surface area contributed by atoms with Gasteiger partial charge >= 0.3 is 0 Å². The molecule has 2 aromatic carbocycles. The number of nitriles is 1. The maximum atomic E-state index is 8.77. The fourth-order valence-corrected chi connectivity index (χ4v) is 3.51. The van der Waals surface area contributed by atoms with Crippen molar-refractivity contribution in [1.29, 1.82) is 5.26 Å². The second-order valence-electron chi connectivity index (χ2n) is 8.10. The Morgan fingerprint density at radius 3 is 1.93 bits per heavy atom. The monoisotopic (exact) mass is 400 g/mol. The molecule has 152 valence electrons. The van der Waals surface area contributed by atoms with Gasteiger partial charge in [-0.05, 0) is 48.2 Å². The minimum atomic E-state index is -0.173. The van der Waals surface area contributed by atoms with Crippen LogP contribution in [-0.2, 0) is 5.41 Å². The van der Waals surface area contributed by atoms with Gasteiger partial charge in [-0.3, -0.25) is 0 Å². The normalized spacial score (nSPS) is 18.2. The molecule has 1 aliphatic rings. The summed E-state index contributed by atoms with van der Waals surface area (Å²) >= 11 is 0. The van der Waals surface area contributed by atoms with E-state index >= 15 is 0 Å². The Morgan fingerprint density at radius 1 is 0.900 bits per heavy atom.